The van der Waals surface area contributed by atoms with E-state index < -0.39 is 12.0 Å². The molecule has 0 saturated carbocycles. The lowest BCUT2D eigenvalue weighted by Crippen LogP contribution is -2.49. The van der Waals surface area contributed by atoms with Gasteiger partial charge in [-0.15, -0.1) is 13.2 Å². The van der Waals surface area contributed by atoms with Crippen LogP contribution in [0.4, 0.5) is 4.79 Å². The summed E-state index contributed by atoms with van der Waals surface area (Å²) < 4.78 is 0. The van der Waals surface area contributed by atoms with Crippen molar-refractivity contribution in [1.82, 2.24) is 9.80 Å². The van der Waals surface area contributed by atoms with Crippen LogP contribution in [0.1, 0.15) is 13.3 Å². The van der Waals surface area contributed by atoms with Crippen molar-refractivity contribution in [1.29, 1.82) is 0 Å². The van der Waals surface area contributed by atoms with Crippen molar-refractivity contribution >= 4 is 12.0 Å². The molecule has 0 aromatic carbocycles. The number of rotatable bonds is 5. The minimum absolute atomic E-state index is 0.0132. The van der Waals surface area contributed by atoms with E-state index in [0.717, 1.165) is 6.42 Å². The van der Waals surface area contributed by atoms with Crippen molar-refractivity contribution in [2.75, 3.05) is 19.6 Å². The highest BCUT2D eigenvalue weighted by atomic mass is 16.4. The standard InChI is InChI=1S/C13H20N2O3/c1-4-7-14(8-5-2)13(18)15-9-6-10(3)11(15)12(16)17/h4-5,10-11H,1-2,6-9H2,3H3,(H,16,17). The molecule has 2 atom stereocenters. The molecule has 5 heteroatoms. The van der Waals surface area contributed by atoms with Crippen LogP contribution < -0.4 is 0 Å². The van der Waals surface area contributed by atoms with Gasteiger partial charge in [-0.2, -0.15) is 0 Å². The zero-order valence-corrected chi connectivity index (χ0v) is 10.7. The fraction of sp³-hybridized carbons (Fsp3) is 0.538. The molecule has 1 aliphatic heterocycles. The maximum absolute atomic E-state index is 12.3. The number of nitrogens with zero attached hydrogens (tertiary/aromatic N) is 2. The molecule has 0 aromatic heterocycles. The van der Waals surface area contributed by atoms with E-state index in [1.54, 1.807) is 12.2 Å². The van der Waals surface area contributed by atoms with Gasteiger partial charge in [0, 0.05) is 19.6 Å². The van der Waals surface area contributed by atoms with Crippen LogP contribution in [0.15, 0.2) is 25.3 Å². The summed E-state index contributed by atoms with van der Waals surface area (Å²) in [6.45, 7) is 10.3. The van der Waals surface area contributed by atoms with E-state index >= 15 is 0 Å². The zero-order chi connectivity index (χ0) is 13.7. The number of carboxylic acids is 1. The smallest absolute Gasteiger partial charge is 0.326 e. The molecule has 0 aliphatic carbocycles. The highest BCUT2D eigenvalue weighted by Crippen LogP contribution is 2.25. The molecule has 2 amide bonds. The van der Waals surface area contributed by atoms with E-state index in [9.17, 15) is 14.7 Å². The summed E-state index contributed by atoms with van der Waals surface area (Å²) in [4.78, 5) is 26.5. The summed E-state index contributed by atoms with van der Waals surface area (Å²) in [7, 11) is 0. The minimum atomic E-state index is -0.939. The average Bonchev–Trinajstić information content (AvgIpc) is 2.70. The van der Waals surface area contributed by atoms with Crippen molar-refractivity contribution in [3.63, 3.8) is 0 Å². The SMILES string of the molecule is C=CCN(CC=C)C(=O)N1CCC(C)C1C(=O)O. The second kappa shape index (κ2) is 6.23. The Morgan fingerprint density at radius 3 is 2.39 bits per heavy atom. The maximum Gasteiger partial charge on any atom is 0.326 e. The van der Waals surface area contributed by atoms with Crippen molar-refractivity contribution in [3.05, 3.63) is 25.3 Å². The first-order valence-corrected chi connectivity index (χ1v) is 6.03. The molecular formula is C13H20N2O3. The fourth-order valence-electron chi connectivity index (χ4n) is 2.26. The lowest BCUT2D eigenvalue weighted by atomic mass is 10.0. The van der Waals surface area contributed by atoms with Crippen LogP contribution in [0.5, 0.6) is 0 Å². The summed E-state index contributed by atoms with van der Waals surface area (Å²) >= 11 is 0. The Bertz CT molecular complexity index is 344. The first kappa shape index (κ1) is 14.3. The van der Waals surface area contributed by atoms with Crippen molar-refractivity contribution in [2.45, 2.75) is 19.4 Å². The lowest BCUT2D eigenvalue weighted by molar-refractivity contribution is -0.142. The summed E-state index contributed by atoms with van der Waals surface area (Å²) in [5.41, 5.74) is 0. The van der Waals surface area contributed by atoms with Crippen molar-refractivity contribution in [3.8, 4) is 0 Å². The highest BCUT2D eigenvalue weighted by Gasteiger charge is 2.40. The predicted octanol–water partition coefficient (Wildman–Crippen LogP) is 1.58. The number of carboxylic acid groups (broad SMARTS) is 1. The second-order valence-electron chi connectivity index (χ2n) is 4.51. The van der Waals surface area contributed by atoms with Crippen molar-refractivity contribution in [2.24, 2.45) is 5.92 Å². The van der Waals surface area contributed by atoms with Crippen LogP contribution in [0.2, 0.25) is 0 Å². The second-order valence-corrected chi connectivity index (χ2v) is 4.51. The first-order chi connectivity index (χ1) is 8.52. The van der Waals surface area contributed by atoms with Crippen LogP contribution in [-0.4, -0.2) is 52.6 Å². The minimum Gasteiger partial charge on any atom is -0.480 e. The molecule has 1 aliphatic rings. The Kier molecular flexibility index (Phi) is 4.95. The highest BCUT2D eigenvalue weighted by molar-refractivity contribution is 5.83. The molecule has 100 valence electrons. The van der Waals surface area contributed by atoms with Crippen molar-refractivity contribution < 1.29 is 14.7 Å². The number of amides is 2. The first-order valence-electron chi connectivity index (χ1n) is 6.03. The van der Waals surface area contributed by atoms with Gasteiger partial charge in [0.2, 0.25) is 0 Å². The van der Waals surface area contributed by atoms with E-state index in [2.05, 4.69) is 13.2 Å². The number of hydrogen-bond donors (Lipinski definition) is 1. The van der Waals surface area contributed by atoms with Gasteiger partial charge in [0.25, 0.3) is 0 Å². The Hall–Kier alpha value is -1.78. The number of carbonyl (C=O) groups excluding carboxylic acids is 1. The molecule has 0 spiro atoms. The largest absolute Gasteiger partial charge is 0.480 e. The van der Waals surface area contributed by atoms with Gasteiger partial charge in [-0.25, -0.2) is 9.59 Å². The maximum atomic E-state index is 12.3. The van der Waals surface area contributed by atoms with Crippen LogP contribution in [0.3, 0.4) is 0 Å². The molecule has 1 N–H and O–H groups in total. The van der Waals surface area contributed by atoms with E-state index in [4.69, 9.17) is 0 Å². The number of likely N-dealkylation sites (tertiary alicyclic amines) is 1. The van der Waals surface area contributed by atoms with Gasteiger partial charge in [0.05, 0.1) is 0 Å². The molecule has 0 bridgehead atoms. The monoisotopic (exact) mass is 252 g/mol. The molecule has 2 unspecified atom stereocenters. The van der Waals surface area contributed by atoms with E-state index in [-0.39, 0.29) is 11.9 Å². The van der Waals surface area contributed by atoms with Gasteiger partial charge in [-0.05, 0) is 12.3 Å². The Morgan fingerprint density at radius 2 is 1.94 bits per heavy atom. The summed E-state index contributed by atoms with van der Waals surface area (Å²) in [6.07, 6.45) is 3.96. The van der Waals surface area contributed by atoms with Crippen LogP contribution in [0, 0.1) is 5.92 Å². The molecule has 1 rings (SSSR count). The number of carbonyl (C=O) groups is 2. The number of aliphatic carboxylic acids is 1. The molecule has 5 nitrogen and oxygen atoms in total. The Labute approximate surface area is 107 Å². The molecule has 1 fully saturated rings. The van der Waals surface area contributed by atoms with Crippen LogP contribution >= 0.6 is 0 Å². The summed E-state index contributed by atoms with van der Waals surface area (Å²) in [5.74, 6) is -0.953. The molecule has 18 heavy (non-hydrogen) atoms. The third kappa shape index (κ3) is 2.91. The molecule has 1 heterocycles. The van der Waals surface area contributed by atoms with E-state index in [1.807, 2.05) is 6.92 Å². The quantitative estimate of drug-likeness (QED) is 0.756. The van der Waals surface area contributed by atoms with E-state index in [0.29, 0.717) is 19.6 Å². The van der Waals surface area contributed by atoms with Gasteiger partial charge in [-0.3, -0.25) is 0 Å². The van der Waals surface area contributed by atoms with Crippen LogP contribution in [-0.2, 0) is 4.79 Å². The number of hydrogen-bond acceptors (Lipinski definition) is 2. The molecule has 0 aromatic rings. The van der Waals surface area contributed by atoms with Crippen LogP contribution in [0.25, 0.3) is 0 Å². The lowest BCUT2D eigenvalue weighted by Gasteiger charge is -2.29. The van der Waals surface area contributed by atoms with E-state index in [1.165, 1.54) is 9.80 Å². The number of urea groups is 1. The third-order valence-electron chi connectivity index (χ3n) is 3.17. The molecular weight excluding hydrogens is 232 g/mol. The Morgan fingerprint density at radius 1 is 1.39 bits per heavy atom. The van der Waals surface area contributed by atoms with Gasteiger partial charge in [-0.1, -0.05) is 19.1 Å². The normalized spacial score (nSPS) is 22.6. The fourth-order valence-corrected chi connectivity index (χ4v) is 2.26. The van der Waals surface area contributed by atoms with Gasteiger partial charge < -0.3 is 14.9 Å². The summed E-state index contributed by atoms with van der Waals surface area (Å²) in [6, 6.07) is -0.985. The average molecular weight is 252 g/mol. The Balaban J connectivity index is 2.83. The van der Waals surface area contributed by atoms with Gasteiger partial charge in [0.1, 0.15) is 6.04 Å². The predicted molar refractivity (Wildman–Crippen MR) is 69.3 cm³/mol. The zero-order valence-electron chi connectivity index (χ0n) is 10.7. The summed E-state index contributed by atoms with van der Waals surface area (Å²) in [5, 5.41) is 9.19. The molecule has 1 saturated heterocycles. The van der Waals surface area contributed by atoms with Gasteiger partial charge >= 0.3 is 12.0 Å². The topological polar surface area (TPSA) is 60.9 Å². The third-order valence-corrected chi connectivity index (χ3v) is 3.17. The molecule has 0 radical (unpaired) electrons. The van der Waals surface area contributed by atoms with Gasteiger partial charge in [0.15, 0.2) is 0 Å².